The summed E-state index contributed by atoms with van der Waals surface area (Å²) in [6, 6.07) is 4.92. The van der Waals surface area contributed by atoms with Crippen molar-refractivity contribution in [3.05, 3.63) is 29.8 Å². The van der Waals surface area contributed by atoms with Gasteiger partial charge in [-0.1, -0.05) is 6.07 Å². The van der Waals surface area contributed by atoms with Crippen molar-refractivity contribution in [3.8, 4) is 5.75 Å². The monoisotopic (exact) mass is 289 g/mol. The molecule has 2 rings (SSSR count). The van der Waals surface area contributed by atoms with Crippen molar-refractivity contribution >= 4 is 0 Å². The van der Waals surface area contributed by atoms with Gasteiger partial charge in [0.05, 0.1) is 12.2 Å². The molecule has 1 aromatic carbocycles. The zero-order valence-corrected chi connectivity index (χ0v) is 11.1. The summed E-state index contributed by atoms with van der Waals surface area (Å²) in [5.41, 5.74) is 4.88. The fourth-order valence-corrected chi connectivity index (χ4v) is 2.21. The van der Waals surface area contributed by atoms with Crippen molar-refractivity contribution in [3.63, 3.8) is 0 Å². The van der Waals surface area contributed by atoms with Gasteiger partial charge >= 0.3 is 6.18 Å². The molecule has 1 aromatic rings. The SMILES string of the molecule is NCC1(COc2cccc(C(F)(F)F)c2)CCOCC1. The average molecular weight is 289 g/mol. The van der Waals surface area contributed by atoms with Crippen LogP contribution in [-0.2, 0) is 10.9 Å². The van der Waals surface area contributed by atoms with Gasteiger partial charge in [-0.15, -0.1) is 0 Å². The van der Waals surface area contributed by atoms with Crippen molar-refractivity contribution in [2.45, 2.75) is 19.0 Å². The number of hydrogen-bond donors (Lipinski definition) is 1. The second-order valence-electron chi connectivity index (χ2n) is 5.13. The maximum absolute atomic E-state index is 12.6. The zero-order valence-electron chi connectivity index (χ0n) is 11.1. The third kappa shape index (κ3) is 3.64. The Morgan fingerprint density at radius 3 is 2.55 bits per heavy atom. The number of hydrogen-bond acceptors (Lipinski definition) is 3. The van der Waals surface area contributed by atoms with E-state index >= 15 is 0 Å². The molecule has 0 aromatic heterocycles. The number of alkyl halides is 3. The molecule has 0 aliphatic carbocycles. The Kier molecular flexibility index (Phi) is 4.55. The summed E-state index contributed by atoms with van der Waals surface area (Å²) >= 11 is 0. The minimum Gasteiger partial charge on any atom is -0.493 e. The van der Waals surface area contributed by atoms with Crippen molar-refractivity contribution in [2.24, 2.45) is 11.1 Å². The Labute approximate surface area is 115 Å². The van der Waals surface area contributed by atoms with Gasteiger partial charge in [0, 0.05) is 25.2 Å². The minimum atomic E-state index is -4.36. The van der Waals surface area contributed by atoms with Crippen LogP contribution in [0.4, 0.5) is 13.2 Å². The van der Waals surface area contributed by atoms with E-state index < -0.39 is 11.7 Å². The molecule has 0 atom stereocenters. The largest absolute Gasteiger partial charge is 0.493 e. The summed E-state index contributed by atoms with van der Waals surface area (Å²) < 4.78 is 48.7. The third-order valence-corrected chi connectivity index (χ3v) is 3.69. The van der Waals surface area contributed by atoms with Gasteiger partial charge in [-0.25, -0.2) is 0 Å². The van der Waals surface area contributed by atoms with Crippen LogP contribution in [0.2, 0.25) is 0 Å². The van der Waals surface area contributed by atoms with Gasteiger partial charge in [-0.3, -0.25) is 0 Å². The zero-order chi connectivity index (χ0) is 14.6. The van der Waals surface area contributed by atoms with E-state index in [1.165, 1.54) is 12.1 Å². The lowest BCUT2D eigenvalue weighted by Crippen LogP contribution is -2.41. The molecule has 1 heterocycles. The second kappa shape index (κ2) is 6.01. The molecular formula is C14H18F3NO2. The normalized spacial score (nSPS) is 18.8. The minimum absolute atomic E-state index is 0.202. The molecule has 1 saturated heterocycles. The Hall–Kier alpha value is -1.27. The van der Waals surface area contributed by atoms with E-state index in [1.807, 2.05) is 0 Å². The van der Waals surface area contributed by atoms with E-state index in [2.05, 4.69) is 0 Å². The Morgan fingerprint density at radius 2 is 1.95 bits per heavy atom. The average Bonchev–Trinajstić information content (AvgIpc) is 2.46. The highest BCUT2D eigenvalue weighted by Crippen LogP contribution is 2.33. The van der Waals surface area contributed by atoms with Crippen molar-refractivity contribution < 1.29 is 22.6 Å². The van der Waals surface area contributed by atoms with Gasteiger partial charge in [-0.2, -0.15) is 13.2 Å². The van der Waals surface area contributed by atoms with E-state index in [1.54, 1.807) is 0 Å². The van der Waals surface area contributed by atoms with Gasteiger partial charge in [0.15, 0.2) is 0 Å². The lowest BCUT2D eigenvalue weighted by Gasteiger charge is -2.35. The number of benzene rings is 1. The van der Waals surface area contributed by atoms with E-state index in [0.717, 1.165) is 25.0 Å². The number of nitrogens with two attached hydrogens (primary N) is 1. The first-order chi connectivity index (χ1) is 9.45. The van der Waals surface area contributed by atoms with Crippen LogP contribution in [0.5, 0.6) is 5.75 Å². The highest BCUT2D eigenvalue weighted by Gasteiger charge is 2.33. The van der Waals surface area contributed by atoms with Gasteiger partial charge in [0.25, 0.3) is 0 Å². The molecule has 0 spiro atoms. The molecule has 112 valence electrons. The van der Waals surface area contributed by atoms with Crippen LogP contribution < -0.4 is 10.5 Å². The lowest BCUT2D eigenvalue weighted by atomic mass is 9.81. The summed E-state index contributed by atoms with van der Waals surface area (Å²) in [7, 11) is 0. The van der Waals surface area contributed by atoms with Crippen LogP contribution in [0.15, 0.2) is 24.3 Å². The molecule has 0 amide bonds. The standard InChI is InChI=1S/C14H18F3NO2/c15-14(16,17)11-2-1-3-12(8-11)20-10-13(9-18)4-6-19-7-5-13/h1-3,8H,4-7,9-10,18H2. The first kappa shape index (κ1) is 15.1. The highest BCUT2D eigenvalue weighted by atomic mass is 19.4. The van der Waals surface area contributed by atoms with Gasteiger partial charge in [0.1, 0.15) is 5.75 Å². The maximum Gasteiger partial charge on any atom is 0.416 e. The summed E-state index contributed by atoms with van der Waals surface area (Å²) in [5, 5.41) is 0. The van der Waals surface area contributed by atoms with Gasteiger partial charge in [0.2, 0.25) is 0 Å². The van der Waals surface area contributed by atoms with E-state index in [4.69, 9.17) is 15.2 Å². The molecule has 0 saturated carbocycles. The summed E-state index contributed by atoms with van der Waals surface area (Å²) in [5.74, 6) is 0.221. The molecule has 1 aliphatic heterocycles. The molecule has 0 radical (unpaired) electrons. The molecule has 2 N–H and O–H groups in total. The molecule has 6 heteroatoms. The molecule has 1 aliphatic rings. The number of rotatable bonds is 4. The van der Waals surface area contributed by atoms with Crippen LogP contribution in [-0.4, -0.2) is 26.4 Å². The Bertz CT molecular complexity index is 442. The van der Waals surface area contributed by atoms with Crippen LogP contribution >= 0.6 is 0 Å². The van der Waals surface area contributed by atoms with Crippen molar-refractivity contribution in [1.29, 1.82) is 0 Å². The third-order valence-electron chi connectivity index (χ3n) is 3.69. The van der Waals surface area contributed by atoms with Crippen molar-refractivity contribution in [2.75, 3.05) is 26.4 Å². The number of ether oxygens (including phenoxy) is 2. The van der Waals surface area contributed by atoms with Crippen molar-refractivity contribution in [1.82, 2.24) is 0 Å². The van der Waals surface area contributed by atoms with E-state index in [0.29, 0.717) is 26.4 Å². The van der Waals surface area contributed by atoms with Gasteiger partial charge in [-0.05, 0) is 31.0 Å². The number of halogens is 3. The quantitative estimate of drug-likeness (QED) is 0.927. The smallest absolute Gasteiger partial charge is 0.416 e. The molecule has 1 fully saturated rings. The predicted molar refractivity (Wildman–Crippen MR) is 68.5 cm³/mol. The predicted octanol–water partition coefficient (Wildman–Crippen LogP) is 2.84. The first-order valence-corrected chi connectivity index (χ1v) is 6.53. The first-order valence-electron chi connectivity index (χ1n) is 6.53. The topological polar surface area (TPSA) is 44.5 Å². The lowest BCUT2D eigenvalue weighted by molar-refractivity contribution is -0.137. The van der Waals surface area contributed by atoms with Crippen LogP contribution in [0, 0.1) is 5.41 Å². The fraction of sp³-hybridized carbons (Fsp3) is 0.571. The summed E-state index contributed by atoms with van der Waals surface area (Å²) in [6.07, 6.45) is -2.82. The van der Waals surface area contributed by atoms with E-state index in [9.17, 15) is 13.2 Å². The molecule has 3 nitrogen and oxygen atoms in total. The summed E-state index contributed by atoms with van der Waals surface area (Å²) in [6.45, 7) is 1.98. The summed E-state index contributed by atoms with van der Waals surface area (Å²) in [4.78, 5) is 0. The van der Waals surface area contributed by atoms with Crippen LogP contribution in [0.1, 0.15) is 18.4 Å². The maximum atomic E-state index is 12.6. The molecule has 20 heavy (non-hydrogen) atoms. The van der Waals surface area contributed by atoms with Gasteiger partial charge < -0.3 is 15.2 Å². The molecule has 0 unspecified atom stereocenters. The second-order valence-corrected chi connectivity index (χ2v) is 5.13. The Morgan fingerprint density at radius 1 is 1.25 bits per heavy atom. The fourth-order valence-electron chi connectivity index (χ4n) is 2.21. The molecule has 0 bridgehead atoms. The van der Waals surface area contributed by atoms with Crippen LogP contribution in [0.25, 0.3) is 0 Å². The Balaban J connectivity index is 2.03. The highest BCUT2D eigenvalue weighted by molar-refractivity contribution is 5.30. The molecular weight excluding hydrogens is 271 g/mol. The van der Waals surface area contributed by atoms with Crippen LogP contribution in [0.3, 0.4) is 0 Å². The van der Waals surface area contributed by atoms with E-state index in [-0.39, 0.29) is 11.2 Å².